The molecule has 0 saturated carbocycles. The molecule has 0 aliphatic carbocycles. The second kappa shape index (κ2) is 7.88. The zero-order chi connectivity index (χ0) is 22.3. The van der Waals surface area contributed by atoms with Crippen molar-refractivity contribution < 1.29 is 14.1 Å². The zero-order valence-corrected chi connectivity index (χ0v) is 18.6. The number of hydrogen-bond donors (Lipinski definition) is 1. The highest BCUT2D eigenvalue weighted by atomic mass is 35.5. The van der Waals surface area contributed by atoms with E-state index in [9.17, 15) is 9.59 Å². The van der Waals surface area contributed by atoms with Gasteiger partial charge in [0, 0.05) is 5.02 Å². The van der Waals surface area contributed by atoms with Crippen LogP contribution in [-0.2, 0) is 16.8 Å². The maximum atomic E-state index is 12.8. The number of halogens is 2. The Morgan fingerprint density at radius 2 is 1.93 bits per heavy atom. The lowest BCUT2D eigenvalue weighted by atomic mass is 10.1. The van der Waals surface area contributed by atoms with Gasteiger partial charge in [0.15, 0.2) is 5.82 Å². The number of hydrogen-bond acceptors (Lipinski definition) is 7. The molecule has 9 nitrogen and oxygen atoms in total. The van der Waals surface area contributed by atoms with E-state index in [1.54, 1.807) is 34.6 Å². The highest BCUT2D eigenvalue weighted by Crippen LogP contribution is 2.24. The Morgan fingerprint density at radius 1 is 1.23 bits per heavy atom. The smallest absolute Gasteiger partial charge is 0.408 e. The number of rotatable bonds is 4. The lowest BCUT2D eigenvalue weighted by molar-refractivity contribution is 0.0465. The van der Waals surface area contributed by atoms with Crippen LogP contribution in [0.25, 0.3) is 10.9 Å². The third-order valence-corrected chi connectivity index (χ3v) is 4.50. The largest absolute Gasteiger partial charge is 0.444 e. The second-order valence-corrected chi connectivity index (χ2v) is 9.07. The summed E-state index contributed by atoms with van der Waals surface area (Å²) < 4.78 is 11.8. The molecule has 0 atom stereocenters. The van der Waals surface area contributed by atoms with Crippen LogP contribution in [0.3, 0.4) is 0 Å². The van der Waals surface area contributed by atoms with Crippen LogP contribution in [0, 0.1) is 0 Å². The standard InChI is InChI=1S/C19H21Cl2N5O4/c1-18(2,3)29-17(28)24-19(4,5)16-23-13(30-25-16)8-26-9-22-14-11(15(26)27)6-10(20)7-12(14)21/h6-7,9H,8H2,1-5H3,(H,24,28). The van der Waals surface area contributed by atoms with Crippen molar-refractivity contribution in [3.63, 3.8) is 0 Å². The van der Waals surface area contributed by atoms with Crippen LogP contribution in [0.2, 0.25) is 10.0 Å². The molecular weight excluding hydrogens is 433 g/mol. The van der Waals surface area contributed by atoms with Crippen LogP contribution in [0.4, 0.5) is 4.79 Å². The van der Waals surface area contributed by atoms with Gasteiger partial charge in [-0.3, -0.25) is 9.36 Å². The highest BCUT2D eigenvalue weighted by Gasteiger charge is 2.31. The first-order chi connectivity index (χ1) is 13.9. The summed E-state index contributed by atoms with van der Waals surface area (Å²) in [5.74, 6) is 0.400. The number of carbonyl (C=O) groups excluding carboxylic acids is 1. The topological polar surface area (TPSA) is 112 Å². The summed E-state index contributed by atoms with van der Waals surface area (Å²) in [4.78, 5) is 33.3. The van der Waals surface area contributed by atoms with Gasteiger partial charge < -0.3 is 14.6 Å². The molecule has 1 amide bonds. The average Bonchev–Trinajstić information content (AvgIpc) is 3.05. The minimum absolute atomic E-state index is 0.0125. The SMILES string of the molecule is CC(C)(C)OC(=O)NC(C)(C)c1noc(Cn2cnc3c(Cl)cc(Cl)cc3c2=O)n1. The molecular formula is C19H21Cl2N5O4. The third kappa shape index (κ3) is 4.91. The Bertz CT molecular complexity index is 1160. The van der Waals surface area contributed by atoms with Crippen LogP contribution in [-0.4, -0.2) is 31.4 Å². The van der Waals surface area contributed by atoms with Crippen molar-refractivity contribution in [1.29, 1.82) is 0 Å². The lowest BCUT2D eigenvalue weighted by Crippen LogP contribution is -2.44. The third-order valence-electron chi connectivity index (χ3n) is 3.99. The van der Waals surface area contributed by atoms with Gasteiger partial charge in [-0.2, -0.15) is 4.98 Å². The van der Waals surface area contributed by atoms with E-state index in [4.69, 9.17) is 32.5 Å². The maximum Gasteiger partial charge on any atom is 0.408 e. The van der Waals surface area contributed by atoms with Gasteiger partial charge in [-0.25, -0.2) is 9.78 Å². The van der Waals surface area contributed by atoms with Crippen LogP contribution in [0.5, 0.6) is 0 Å². The van der Waals surface area contributed by atoms with E-state index in [0.29, 0.717) is 10.5 Å². The first-order valence-electron chi connectivity index (χ1n) is 9.04. The molecule has 0 bridgehead atoms. The number of ether oxygens (including phenoxy) is 1. The molecule has 160 valence electrons. The Hall–Kier alpha value is -2.65. The van der Waals surface area contributed by atoms with Crippen LogP contribution >= 0.6 is 23.2 Å². The summed E-state index contributed by atoms with van der Waals surface area (Å²) in [6.45, 7) is 8.70. The van der Waals surface area contributed by atoms with Crippen LogP contribution in [0.1, 0.15) is 46.3 Å². The summed E-state index contributed by atoms with van der Waals surface area (Å²) in [5.41, 5.74) is -1.59. The fraction of sp³-hybridized carbons (Fsp3) is 0.421. The van der Waals surface area contributed by atoms with E-state index >= 15 is 0 Å². The van der Waals surface area contributed by atoms with E-state index in [1.807, 2.05) is 0 Å². The number of amides is 1. The quantitative estimate of drug-likeness (QED) is 0.637. The van der Waals surface area contributed by atoms with Gasteiger partial charge in [0.05, 0.1) is 22.3 Å². The van der Waals surface area contributed by atoms with E-state index in [2.05, 4.69) is 20.4 Å². The van der Waals surface area contributed by atoms with E-state index < -0.39 is 17.2 Å². The first kappa shape index (κ1) is 22.0. The van der Waals surface area contributed by atoms with Gasteiger partial charge in [0.25, 0.3) is 5.56 Å². The van der Waals surface area contributed by atoms with Crippen LogP contribution in [0.15, 0.2) is 27.8 Å². The summed E-state index contributed by atoms with van der Waals surface area (Å²) in [5, 5.41) is 7.52. The van der Waals surface area contributed by atoms with Crippen LogP contribution < -0.4 is 10.9 Å². The van der Waals surface area contributed by atoms with Crippen molar-refractivity contribution in [3.05, 3.63) is 50.6 Å². The molecule has 0 unspecified atom stereocenters. The Kier molecular flexibility index (Phi) is 5.79. The monoisotopic (exact) mass is 453 g/mol. The van der Waals surface area contributed by atoms with Crippen molar-refractivity contribution in [2.24, 2.45) is 0 Å². The molecule has 0 spiro atoms. The molecule has 3 aromatic rings. The van der Waals surface area contributed by atoms with Crippen molar-refractivity contribution in [2.45, 2.75) is 52.3 Å². The number of alkyl carbamates (subject to hydrolysis) is 1. The summed E-state index contributed by atoms with van der Waals surface area (Å²) >= 11 is 12.1. The minimum atomic E-state index is -0.961. The first-order valence-corrected chi connectivity index (χ1v) is 9.80. The molecule has 2 aromatic heterocycles. The normalized spacial score (nSPS) is 12.2. The highest BCUT2D eigenvalue weighted by molar-refractivity contribution is 6.38. The average molecular weight is 454 g/mol. The number of nitrogens with one attached hydrogen (secondary N) is 1. The molecule has 0 aliphatic heterocycles. The van der Waals surface area contributed by atoms with Crippen molar-refractivity contribution in [2.75, 3.05) is 0 Å². The molecule has 1 N–H and O–H groups in total. The van der Waals surface area contributed by atoms with Crippen molar-refractivity contribution in [1.82, 2.24) is 25.0 Å². The number of aromatic nitrogens is 4. The second-order valence-electron chi connectivity index (χ2n) is 8.23. The molecule has 0 saturated heterocycles. The van der Waals surface area contributed by atoms with Gasteiger partial charge in [-0.05, 0) is 46.8 Å². The fourth-order valence-corrected chi connectivity index (χ4v) is 3.18. The van der Waals surface area contributed by atoms with E-state index in [-0.39, 0.29) is 34.2 Å². The molecule has 3 rings (SSSR count). The van der Waals surface area contributed by atoms with Gasteiger partial charge in [-0.1, -0.05) is 28.4 Å². The fourth-order valence-electron chi connectivity index (χ4n) is 2.64. The van der Waals surface area contributed by atoms with Gasteiger partial charge in [-0.15, -0.1) is 0 Å². The number of carbonyl (C=O) groups is 1. The summed E-state index contributed by atoms with van der Waals surface area (Å²) in [6, 6.07) is 3.02. The molecule has 11 heteroatoms. The van der Waals surface area contributed by atoms with E-state index in [0.717, 1.165) is 0 Å². The number of benzene rings is 1. The summed E-state index contributed by atoms with van der Waals surface area (Å²) in [7, 11) is 0. The van der Waals surface area contributed by atoms with Gasteiger partial charge >= 0.3 is 6.09 Å². The predicted molar refractivity (Wildman–Crippen MR) is 112 cm³/mol. The van der Waals surface area contributed by atoms with Gasteiger partial charge in [0.1, 0.15) is 17.7 Å². The molecule has 0 radical (unpaired) electrons. The zero-order valence-electron chi connectivity index (χ0n) is 17.1. The lowest BCUT2D eigenvalue weighted by Gasteiger charge is -2.26. The van der Waals surface area contributed by atoms with Gasteiger partial charge in [0.2, 0.25) is 5.89 Å². The Morgan fingerprint density at radius 3 is 2.60 bits per heavy atom. The van der Waals surface area contributed by atoms with Crippen molar-refractivity contribution in [3.8, 4) is 0 Å². The molecule has 30 heavy (non-hydrogen) atoms. The summed E-state index contributed by atoms with van der Waals surface area (Å²) in [6.07, 6.45) is 0.737. The molecule has 0 aliphatic rings. The number of fused-ring (bicyclic) bond motifs is 1. The predicted octanol–water partition coefficient (Wildman–Crippen LogP) is 3.89. The Labute approximate surface area is 182 Å². The van der Waals surface area contributed by atoms with E-state index in [1.165, 1.54) is 23.0 Å². The Balaban J connectivity index is 1.82. The molecule has 2 heterocycles. The number of nitrogens with zero attached hydrogens (tertiary/aromatic N) is 4. The van der Waals surface area contributed by atoms with Crippen molar-refractivity contribution >= 4 is 40.2 Å². The maximum absolute atomic E-state index is 12.8. The minimum Gasteiger partial charge on any atom is -0.444 e. The molecule has 0 fully saturated rings. The molecule has 1 aromatic carbocycles.